The molecule has 15 heavy (non-hydrogen) atoms. The molecule has 0 aliphatic rings. The monoisotopic (exact) mass is 255 g/mol. The Hall–Kier alpha value is -0.940. The highest BCUT2D eigenvalue weighted by Gasteiger charge is 2.18. The second-order valence-corrected chi connectivity index (χ2v) is 3.43. The number of carboxylic acids is 1. The van der Waals surface area contributed by atoms with E-state index in [1.807, 2.05) is 0 Å². The molecule has 1 heterocycles. The van der Waals surface area contributed by atoms with Gasteiger partial charge in [0.25, 0.3) is 6.43 Å². The number of carboxylic acid groups (broad SMARTS) is 1. The number of rotatable bonds is 3. The topological polar surface area (TPSA) is 50.2 Å². The number of halogens is 4. The second kappa shape index (κ2) is 4.72. The molecule has 1 rings (SSSR count). The van der Waals surface area contributed by atoms with E-state index in [-0.39, 0.29) is 15.9 Å². The van der Waals surface area contributed by atoms with Crippen molar-refractivity contribution in [1.82, 2.24) is 4.98 Å². The van der Waals surface area contributed by atoms with Crippen LogP contribution in [0.1, 0.15) is 17.7 Å². The van der Waals surface area contributed by atoms with Crippen molar-refractivity contribution in [2.75, 3.05) is 0 Å². The Labute approximate surface area is 93.6 Å². The van der Waals surface area contributed by atoms with Crippen molar-refractivity contribution in [3.8, 4) is 0 Å². The highest BCUT2D eigenvalue weighted by molar-refractivity contribution is 6.33. The molecule has 0 amide bonds. The van der Waals surface area contributed by atoms with Gasteiger partial charge in [0.15, 0.2) is 0 Å². The van der Waals surface area contributed by atoms with Crippen molar-refractivity contribution < 1.29 is 18.7 Å². The third-order valence-electron chi connectivity index (χ3n) is 1.58. The Morgan fingerprint density at radius 1 is 1.53 bits per heavy atom. The first-order valence-electron chi connectivity index (χ1n) is 3.76. The normalized spacial score (nSPS) is 10.7. The number of hydrogen-bond donors (Lipinski definition) is 1. The lowest BCUT2D eigenvalue weighted by atomic mass is 10.2. The highest BCUT2D eigenvalue weighted by Crippen LogP contribution is 2.31. The minimum absolute atomic E-state index is 0.160. The summed E-state index contributed by atoms with van der Waals surface area (Å²) in [6.45, 7) is 0. The summed E-state index contributed by atoms with van der Waals surface area (Å²) in [5.41, 5.74) is -0.667. The maximum atomic E-state index is 12.4. The molecule has 0 saturated heterocycles. The first-order chi connectivity index (χ1) is 6.91. The van der Waals surface area contributed by atoms with Crippen molar-refractivity contribution in [3.63, 3.8) is 0 Å². The fraction of sp³-hybridized carbons (Fsp3) is 0.250. The van der Waals surface area contributed by atoms with Gasteiger partial charge in [-0.2, -0.15) is 0 Å². The van der Waals surface area contributed by atoms with Crippen molar-refractivity contribution in [2.45, 2.75) is 12.8 Å². The lowest BCUT2D eigenvalue weighted by Gasteiger charge is -2.07. The van der Waals surface area contributed by atoms with Gasteiger partial charge in [-0.25, -0.2) is 13.8 Å². The maximum Gasteiger partial charge on any atom is 0.309 e. The van der Waals surface area contributed by atoms with E-state index < -0.39 is 24.4 Å². The summed E-state index contributed by atoms with van der Waals surface area (Å²) in [4.78, 5) is 14.0. The summed E-state index contributed by atoms with van der Waals surface area (Å²) < 4.78 is 24.8. The average Bonchev–Trinajstić information content (AvgIpc) is 2.09. The number of nitrogens with zero attached hydrogens (tertiary/aromatic N) is 1. The minimum Gasteiger partial charge on any atom is -0.481 e. The third kappa shape index (κ3) is 3.00. The van der Waals surface area contributed by atoms with E-state index in [1.54, 1.807) is 0 Å². The van der Waals surface area contributed by atoms with Gasteiger partial charge in [-0.3, -0.25) is 4.79 Å². The van der Waals surface area contributed by atoms with Gasteiger partial charge in [-0.05, 0) is 6.07 Å². The molecule has 0 saturated carbocycles. The largest absolute Gasteiger partial charge is 0.481 e. The molecule has 0 unspecified atom stereocenters. The van der Waals surface area contributed by atoms with Crippen molar-refractivity contribution in [1.29, 1.82) is 0 Å². The first-order valence-corrected chi connectivity index (χ1v) is 4.52. The Morgan fingerprint density at radius 3 is 2.60 bits per heavy atom. The average molecular weight is 256 g/mol. The van der Waals surface area contributed by atoms with E-state index in [9.17, 15) is 13.6 Å². The third-order valence-corrected chi connectivity index (χ3v) is 2.21. The van der Waals surface area contributed by atoms with E-state index in [4.69, 9.17) is 28.3 Å². The van der Waals surface area contributed by atoms with Gasteiger partial charge in [0.1, 0.15) is 5.15 Å². The quantitative estimate of drug-likeness (QED) is 0.846. The van der Waals surface area contributed by atoms with Crippen LogP contribution < -0.4 is 0 Å². The Balaban J connectivity index is 3.21. The molecule has 0 bridgehead atoms. The summed E-state index contributed by atoms with van der Waals surface area (Å²) >= 11 is 11.0. The molecule has 0 fully saturated rings. The summed E-state index contributed by atoms with van der Waals surface area (Å²) in [5.74, 6) is -1.22. The smallest absolute Gasteiger partial charge is 0.309 e. The fourth-order valence-electron chi connectivity index (χ4n) is 0.988. The second-order valence-electron chi connectivity index (χ2n) is 2.67. The SMILES string of the molecule is O=C(O)Cc1nc(Cl)cc(C(F)F)c1Cl. The van der Waals surface area contributed by atoms with Crippen LogP contribution in [0.3, 0.4) is 0 Å². The Kier molecular flexibility index (Phi) is 3.82. The summed E-state index contributed by atoms with van der Waals surface area (Å²) in [5, 5.41) is 7.93. The number of alkyl halides is 2. The van der Waals surface area contributed by atoms with Crippen molar-refractivity contribution >= 4 is 29.2 Å². The van der Waals surface area contributed by atoms with Gasteiger partial charge >= 0.3 is 5.97 Å². The zero-order chi connectivity index (χ0) is 11.6. The van der Waals surface area contributed by atoms with Crippen LogP contribution in [0, 0.1) is 0 Å². The van der Waals surface area contributed by atoms with Gasteiger partial charge < -0.3 is 5.11 Å². The van der Waals surface area contributed by atoms with Crippen LogP contribution in [0.2, 0.25) is 10.2 Å². The summed E-state index contributed by atoms with van der Waals surface area (Å²) in [7, 11) is 0. The molecule has 0 atom stereocenters. The van der Waals surface area contributed by atoms with Crippen LogP contribution >= 0.6 is 23.2 Å². The van der Waals surface area contributed by atoms with Gasteiger partial charge in [-0.1, -0.05) is 23.2 Å². The molecule has 0 spiro atoms. The lowest BCUT2D eigenvalue weighted by molar-refractivity contribution is -0.136. The summed E-state index contributed by atoms with van der Waals surface area (Å²) in [6.07, 6.45) is -3.36. The molecule has 3 nitrogen and oxygen atoms in total. The molecule has 0 aliphatic carbocycles. The lowest BCUT2D eigenvalue weighted by Crippen LogP contribution is -2.05. The van der Waals surface area contributed by atoms with Crippen molar-refractivity contribution in [3.05, 3.63) is 27.5 Å². The van der Waals surface area contributed by atoms with Crippen LogP contribution in [0.25, 0.3) is 0 Å². The predicted octanol–water partition coefficient (Wildman–Crippen LogP) is 2.95. The van der Waals surface area contributed by atoms with E-state index >= 15 is 0 Å². The fourth-order valence-corrected chi connectivity index (χ4v) is 1.45. The molecular weight excluding hydrogens is 251 g/mol. The molecule has 1 N–H and O–H groups in total. The number of hydrogen-bond acceptors (Lipinski definition) is 2. The van der Waals surface area contributed by atoms with E-state index in [1.165, 1.54) is 0 Å². The molecule has 0 aromatic carbocycles. The molecule has 0 radical (unpaired) electrons. The van der Waals surface area contributed by atoms with Crippen LogP contribution in [0.4, 0.5) is 8.78 Å². The van der Waals surface area contributed by atoms with Gasteiger partial charge in [-0.15, -0.1) is 0 Å². The molecule has 0 aliphatic heterocycles. The number of pyridine rings is 1. The maximum absolute atomic E-state index is 12.4. The molecule has 82 valence electrons. The Morgan fingerprint density at radius 2 is 2.13 bits per heavy atom. The highest BCUT2D eigenvalue weighted by atomic mass is 35.5. The number of aliphatic carboxylic acids is 1. The van der Waals surface area contributed by atoms with Gasteiger partial charge in [0.2, 0.25) is 0 Å². The van der Waals surface area contributed by atoms with Gasteiger partial charge in [0, 0.05) is 5.56 Å². The zero-order valence-electron chi connectivity index (χ0n) is 7.18. The summed E-state index contributed by atoms with van der Waals surface area (Å²) in [6, 6.07) is 0.917. The van der Waals surface area contributed by atoms with Gasteiger partial charge in [0.05, 0.1) is 17.1 Å². The zero-order valence-corrected chi connectivity index (χ0v) is 8.69. The molecule has 1 aromatic heterocycles. The standard InChI is InChI=1S/C8H5Cl2F2NO2/c9-5-1-3(8(11)12)7(10)4(13-5)2-6(14)15/h1,8H,2H2,(H,14,15). The first kappa shape index (κ1) is 12.1. The molecule has 7 heteroatoms. The van der Waals surface area contributed by atoms with Crippen LogP contribution in [-0.2, 0) is 11.2 Å². The molecular formula is C8H5Cl2F2NO2. The minimum atomic E-state index is -2.81. The van der Waals surface area contributed by atoms with E-state index in [2.05, 4.69) is 4.98 Å². The Bertz CT molecular complexity index is 398. The molecule has 1 aromatic rings. The van der Waals surface area contributed by atoms with Crippen molar-refractivity contribution in [2.24, 2.45) is 0 Å². The number of carbonyl (C=O) groups is 1. The van der Waals surface area contributed by atoms with Crippen LogP contribution in [0.15, 0.2) is 6.07 Å². The van der Waals surface area contributed by atoms with E-state index in [0.717, 1.165) is 6.07 Å². The number of aromatic nitrogens is 1. The van der Waals surface area contributed by atoms with Crippen LogP contribution in [-0.4, -0.2) is 16.1 Å². The van der Waals surface area contributed by atoms with E-state index in [0.29, 0.717) is 0 Å². The predicted molar refractivity (Wildman–Crippen MR) is 50.6 cm³/mol. The van der Waals surface area contributed by atoms with Crippen LogP contribution in [0.5, 0.6) is 0 Å².